The minimum Gasteiger partial charge on any atom is -0.462 e. The number of H-pyrrole nitrogens is 1. The Balaban J connectivity index is 2.75. The maximum Gasteiger partial charge on any atom is 0.343 e. The van der Waals surface area contributed by atoms with E-state index < -0.39 is 5.97 Å². The summed E-state index contributed by atoms with van der Waals surface area (Å²) in [5.41, 5.74) is 0.991. The number of rotatable bonds is 2. The first-order valence-corrected chi connectivity index (χ1v) is 6.33. The molecule has 0 radical (unpaired) electrons. The molecule has 0 amide bonds. The number of nitrogens with one attached hydrogen (secondary N) is 1. The van der Waals surface area contributed by atoms with Gasteiger partial charge in [-0.25, -0.2) is 4.79 Å². The molecule has 1 aromatic carbocycles. The molecule has 0 aliphatic carbocycles. The number of halogens is 1. The number of aromatic amines is 1. The standard InChI is InChI=1S/C13H12BrNO3/c1-3-18-13(17)11-7(2)15-10-5-4-8(14)6-9(10)12(11)16/h4-6H,3H2,1-2H3,(H,15,16). The van der Waals surface area contributed by atoms with E-state index in [9.17, 15) is 9.59 Å². The summed E-state index contributed by atoms with van der Waals surface area (Å²) < 4.78 is 5.69. The fraction of sp³-hybridized carbons (Fsp3) is 0.231. The molecule has 0 saturated carbocycles. The Kier molecular flexibility index (Phi) is 3.52. The van der Waals surface area contributed by atoms with Gasteiger partial charge in [0.2, 0.25) is 5.43 Å². The summed E-state index contributed by atoms with van der Waals surface area (Å²) in [4.78, 5) is 27.1. The molecule has 18 heavy (non-hydrogen) atoms. The number of fused-ring (bicyclic) bond motifs is 1. The molecule has 0 aliphatic rings. The topological polar surface area (TPSA) is 59.2 Å². The lowest BCUT2D eigenvalue weighted by molar-refractivity contribution is 0.0524. The van der Waals surface area contributed by atoms with E-state index in [1.54, 1.807) is 26.0 Å². The predicted molar refractivity (Wildman–Crippen MR) is 73.0 cm³/mol. The van der Waals surface area contributed by atoms with Crippen molar-refractivity contribution in [1.82, 2.24) is 4.98 Å². The average Bonchev–Trinajstić information content (AvgIpc) is 2.31. The van der Waals surface area contributed by atoms with Gasteiger partial charge in [0.15, 0.2) is 0 Å². The van der Waals surface area contributed by atoms with E-state index in [0.29, 0.717) is 16.6 Å². The lowest BCUT2D eigenvalue weighted by Gasteiger charge is -2.07. The Labute approximate surface area is 112 Å². The van der Waals surface area contributed by atoms with Crippen LogP contribution in [0.2, 0.25) is 0 Å². The minimum atomic E-state index is -0.585. The summed E-state index contributed by atoms with van der Waals surface area (Å²) in [6.07, 6.45) is 0. The third-order valence-corrected chi connectivity index (χ3v) is 3.12. The van der Waals surface area contributed by atoms with Crippen LogP contribution < -0.4 is 5.43 Å². The van der Waals surface area contributed by atoms with Crippen LogP contribution in [0.4, 0.5) is 0 Å². The molecule has 0 spiro atoms. The summed E-state index contributed by atoms with van der Waals surface area (Å²) in [7, 11) is 0. The molecule has 0 saturated heterocycles. The van der Waals surface area contributed by atoms with E-state index in [-0.39, 0.29) is 17.6 Å². The number of hydrogen-bond acceptors (Lipinski definition) is 3. The van der Waals surface area contributed by atoms with E-state index in [1.807, 2.05) is 6.07 Å². The fourth-order valence-electron chi connectivity index (χ4n) is 1.83. The molecule has 0 atom stereocenters. The summed E-state index contributed by atoms with van der Waals surface area (Å²) in [5, 5.41) is 0.470. The number of aromatic nitrogens is 1. The van der Waals surface area contributed by atoms with Gasteiger partial charge in [0.25, 0.3) is 0 Å². The summed E-state index contributed by atoms with van der Waals surface area (Å²) >= 11 is 3.31. The van der Waals surface area contributed by atoms with Crippen molar-refractivity contribution in [3.63, 3.8) is 0 Å². The number of benzene rings is 1. The number of aryl methyl sites for hydroxylation is 1. The number of ether oxygens (including phenoxy) is 1. The number of carbonyl (C=O) groups excluding carboxylic acids is 1. The molecule has 0 unspecified atom stereocenters. The first kappa shape index (κ1) is 12.8. The third-order valence-electron chi connectivity index (χ3n) is 2.63. The van der Waals surface area contributed by atoms with Gasteiger partial charge in [-0.3, -0.25) is 4.79 Å². The highest BCUT2D eigenvalue weighted by molar-refractivity contribution is 9.10. The summed E-state index contributed by atoms with van der Waals surface area (Å²) in [6, 6.07) is 5.32. The van der Waals surface area contributed by atoms with Gasteiger partial charge in [-0.2, -0.15) is 0 Å². The molecule has 0 aliphatic heterocycles. The van der Waals surface area contributed by atoms with Crippen molar-refractivity contribution >= 4 is 32.8 Å². The Morgan fingerprint density at radius 3 is 2.83 bits per heavy atom. The van der Waals surface area contributed by atoms with Gasteiger partial charge in [0.1, 0.15) is 5.56 Å². The molecule has 1 heterocycles. The Bertz CT molecular complexity index is 676. The lowest BCUT2D eigenvalue weighted by Crippen LogP contribution is -2.20. The highest BCUT2D eigenvalue weighted by atomic mass is 79.9. The van der Waals surface area contributed by atoms with Crippen molar-refractivity contribution in [3.8, 4) is 0 Å². The van der Waals surface area contributed by atoms with Crippen LogP contribution in [0.1, 0.15) is 23.0 Å². The largest absolute Gasteiger partial charge is 0.462 e. The third kappa shape index (κ3) is 2.18. The van der Waals surface area contributed by atoms with Gasteiger partial charge < -0.3 is 9.72 Å². The molecule has 0 bridgehead atoms. The number of carbonyl (C=O) groups is 1. The molecule has 1 aromatic heterocycles. The number of hydrogen-bond donors (Lipinski definition) is 1. The van der Waals surface area contributed by atoms with Crippen LogP contribution in [-0.2, 0) is 4.74 Å². The molecular weight excluding hydrogens is 298 g/mol. The molecular formula is C13H12BrNO3. The SMILES string of the molecule is CCOC(=O)c1c(C)[nH]c2ccc(Br)cc2c1=O. The fourth-order valence-corrected chi connectivity index (χ4v) is 2.19. The monoisotopic (exact) mass is 309 g/mol. The van der Waals surface area contributed by atoms with Crippen LogP contribution in [0.25, 0.3) is 10.9 Å². The van der Waals surface area contributed by atoms with Crippen molar-refractivity contribution in [1.29, 1.82) is 0 Å². The maximum absolute atomic E-state index is 12.3. The van der Waals surface area contributed by atoms with Crippen LogP contribution in [-0.4, -0.2) is 17.6 Å². The first-order valence-electron chi connectivity index (χ1n) is 5.54. The van der Waals surface area contributed by atoms with Gasteiger partial charge in [-0.05, 0) is 32.0 Å². The van der Waals surface area contributed by atoms with Crippen LogP contribution in [0.3, 0.4) is 0 Å². The van der Waals surface area contributed by atoms with Crippen molar-refractivity contribution in [3.05, 3.63) is 44.2 Å². The molecule has 0 fully saturated rings. The second kappa shape index (κ2) is 4.94. The second-order valence-electron chi connectivity index (χ2n) is 3.86. The van der Waals surface area contributed by atoms with Crippen molar-refractivity contribution in [2.24, 2.45) is 0 Å². The van der Waals surface area contributed by atoms with Crippen LogP contribution in [0, 0.1) is 6.92 Å². The smallest absolute Gasteiger partial charge is 0.343 e. The molecule has 1 N–H and O–H groups in total. The number of pyridine rings is 1. The number of esters is 1. The summed E-state index contributed by atoms with van der Waals surface area (Å²) in [6.45, 7) is 3.64. The van der Waals surface area contributed by atoms with E-state index in [1.165, 1.54) is 0 Å². The normalized spacial score (nSPS) is 10.6. The average molecular weight is 310 g/mol. The van der Waals surface area contributed by atoms with Gasteiger partial charge in [-0.1, -0.05) is 15.9 Å². The molecule has 2 aromatic rings. The highest BCUT2D eigenvalue weighted by Crippen LogP contribution is 2.17. The molecule has 2 rings (SSSR count). The minimum absolute atomic E-state index is 0.0717. The van der Waals surface area contributed by atoms with Crippen molar-refractivity contribution in [2.75, 3.05) is 6.61 Å². The maximum atomic E-state index is 12.3. The lowest BCUT2D eigenvalue weighted by atomic mass is 10.1. The van der Waals surface area contributed by atoms with Gasteiger partial charge in [-0.15, -0.1) is 0 Å². The second-order valence-corrected chi connectivity index (χ2v) is 4.78. The van der Waals surface area contributed by atoms with Gasteiger partial charge in [0.05, 0.1) is 6.61 Å². The van der Waals surface area contributed by atoms with Crippen molar-refractivity contribution < 1.29 is 9.53 Å². The molecule has 94 valence electrons. The van der Waals surface area contributed by atoms with Gasteiger partial charge >= 0.3 is 5.97 Å². The van der Waals surface area contributed by atoms with E-state index >= 15 is 0 Å². The quantitative estimate of drug-likeness (QED) is 0.868. The summed E-state index contributed by atoms with van der Waals surface area (Å²) in [5.74, 6) is -0.585. The predicted octanol–water partition coefficient (Wildman–Crippen LogP) is 2.78. The van der Waals surface area contributed by atoms with E-state index in [4.69, 9.17) is 4.74 Å². The Morgan fingerprint density at radius 2 is 2.17 bits per heavy atom. The van der Waals surface area contributed by atoms with Crippen molar-refractivity contribution in [2.45, 2.75) is 13.8 Å². The van der Waals surface area contributed by atoms with Crippen LogP contribution in [0.5, 0.6) is 0 Å². The molecule has 5 heteroatoms. The Morgan fingerprint density at radius 1 is 1.44 bits per heavy atom. The zero-order valence-electron chi connectivity index (χ0n) is 10.0. The first-order chi connectivity index (χ1) is 8.54. The van der Waals surface area contributed by atoms with E-state index in [0.717, 1.165) is 4.47 Å². The van der Waals surface area contributed by atoms with Crippen LogP contribution >= 0.6 is 15.9 Å². The van der Waals surface area contributed by atoms with Gasteiger partial charge in [0, 0.05) is 21.1 Å². The Hall–Kier alpha value is -1.62. The highest BCUT2D eigenvalue weighted by Gasteiger charge is 2.17. The zero-order valence-corrected chi connectivity index (χ0v) is 11.6. The molecule has 4 nitrogen and oxygen atoms in total. The van der Waals surface area contributed by atoms with E-state index in [2.05, 4.69) is 20.9 Å². The van der Waals surface area contributed by atoms with Crippen LogP contribution in [0.15, 0.2) is 27.5 Å². The zero-order chi connectivity index (χ0) is 13.3.